The van der Waals surface area contributed by atoms with Gasteiger partial charge in [0.15, 0.2) is 0 Å². The second-order valence-electron chi connectivity index (χ2n) is 4.17. The predicted molar refractivity (Wildman–Crippen MR) is 66.9 cm³/mol. The lowest BCUT2D eigenvalue weighted by Gasteiger charge is -2.08. The van der Waals surface area contributed by atoms with Crippen molar-refractivity contribution in [2.24, 2.45) is 0 Å². The summed E-state index contributed by atoms with van der Waals surface area (Å²) in [6, 6.07) is 8.37. The first-order chi connectivity index (χ1) is 8.06. The van der Waals surface area contributed by atoms with Gasteiger partial charge in [-0.2, -0.15) is 0 Å². The highest BCUT2D eigenvalue weighted by Crippen LogP contribution is 2.29. The van der Waals surface area contributed by atoms with Crippen molar-refractivity contribution in [3.8, 4) is 0 Å². The number of alkyl halides is 1. The minimum atomic E-state index is -0.227. The molecule has 2 rings (SSSR count). The molecule has 0 aliphatic heterocycles. The molecule has 0 saturated heterocycles. The molecule has 90 valence electrons. The van der Waals surface area contributed by atoms with Crippen LogP contribution in [0.5, 0.6) is 0 Å². The first-order valence-corrected chi connectivity index (χ1v) is 5.95. The summed E-state index contributed by atoms with van der Waals surface area (Å²) < 4.78 is 18.2. The van der Waals surface area contributed by atoms with Gasteiger partial charge in [0.2, 0.25) is 0 Å². The van der Waals surface area contributed by atoms with E-state index >= 15 is 0 Å². The van der Waals surface area contributed by atoms with E-state index in [0.29, 0.717) is 6.42 Å². The molecule has 3 heteroatoms. The van der Waals surface area contributed by atoms with Crippen LogP contribution in [-0.4, -0.2) is 0 Å². The Hall–Kier alpha value is -1.28. The Balaban J connectivity index is 2.14. The van der Waals surface area contributed by atoms with Crippen molar-refractivity contribution in [3.05, 3.63) is 58.8 Å². The van der Waals surface area contributed by atoms with E-state index in [4.69, 9.17) is 16.0 Å². The molecule has 0 bridgehead atoms. The van der Waals surface area contributed by atoms with Crippen molar-refractivity contribution in [1.82, 2.24) is 0 Å². The molecule has 0 saturated carbocycles. The molecule has 1 unspecified atom stereocenters. The SMILES string of the molecule is Cc1cc(C(Cl)Cc2ccc(F)cc2)c(C)o1. The van der Waals surface area contributed by atoms with Crippen molar-refractivity contribution in [3.63, 3.8) is 0 Å². The molecule has 1 atom stereocenters. The highest BCUT2D eigenvalue weighted by molar-refractivity contribution is 6.21. The summed E-state index contributed by atoms with van der Waals surface area (Å²) in [5, 5.41) is -0.141. The van der Waals surface area contributed by atoms with Crippen molar-refractivity contribution in [2.45, 2.75) is 25.6 Å². The van der Waals surface area contributed by atoms with Gasteiger partial charge in [0.05, 0.1) is 5.38 Å². The minimum absolute atomic E-state index is 0.141. The average molecular weight is 253 g/mol. The fraction of sp³-hybridized carbons (Fsp3) is 0.286. The Morgan fingerprint density at radius 2 is 1.88 bits per heavy atom. The molecular formula is C14H14ClFO. The zero-order valence-electron chi connectivity index (χ0n) is 9.84. The van der Waals surface area contributed by atoms with Crippen LogP contribution in [0.1, 0.15) is 28.0 Å². The van der Waals surface area contributed by atoms with Gasteiger partial charge in [-0.05, 0) is 44.0 Å². The molecule has 0 aliphatic carbocycles. The summed E-state index contributed by atoms with van der Waals surface area (Å²) in [6.45, 7) is 3.81. The van der Waals surface area contributed by atoms with Gasteiger partial charge in [-0.3, -0.25) is 0 Å². The maximum Gasteiger partial charge on any atom is 0.123 e. The fourth-order valence-corrected chi connectivity index (χ4v) is 2.29. The predicted octanol–water partition coefficient (Wildman–Crippen LogP) is 4.56. The Morgan fingerprint density at radius 1 is 1.24 bits per heavy atom. The molecule has 0 radical (unpaired) electrons. The summed E-state index contributed by atoms with van der Waals surface area (Å²) in [4.78, 5) is 0. The summed E-state index contributed by atoms with van der Waals surface area (Å²) in [7, 11) is 0. The van der Waals surface area contributed by atoms with E-state index < -0.39 is 0 Å². The van der Waals surface area contributed by atoms with Gasteiger partial charge >= 0.3 is 0 Å². The molecule has 0 amide bonds. The maximum absolute atomic E-state index is 12.8. The standard InChI is InChI=1S/C14H14ClFO/c1-9-7-13(10(2)17-9)14(15)8-11-3-5-12(16)6-4-11/h3-7,14H,8H2,1-2H3. The van der Waals surface area contributed by atoms with Crippen LogP contribution in [0.4, 0.5) is 4.39 Å². The van der Waals surface area contributed by atoms with E-state index in [1.165, 1.54) is 12.1 Å². The molecule has 0 aliphatic rings. The molecule has 0 fully saturated rings. The van der Waals surface area contributed by atoms with E-state index in [1.807, 2.05) is 19.9 Å². The van der Waals surface area contributed by atoms with Crippen LogP contribution < -0.4 is 0 Å². The normalized spacial score (nSPS) is 12.7. The second kappa shape index (κ2) is 4.92. The summed E-state index contributed by atoms with van der Waals surface area (Å²) >= 11 is 6.35. The van der Waals surface area contributed by atoms with Gasteiger partial charge in [0.25, 0.3) is 0 Å². The largest absolute Gasteiger partial charge is 0.466 e. The summed E-state index contributed by atoms with van der Waals surface area (Å²) in [5.41, 5.74) is 2.03. The number of hydrogen-bond acceptors (Lipinski definition) is 1. The lowest BCUT2D eigenvalue weighted by molar-refractivity contribution is 0.500. The minimum Gasteiger partial charge on any atom is -0.466 e. The second-order valence-corrected chi connectivity index (χ2v) is 4.69. The molecule has 17 heavy (non-hydrogen) atoms. The van der Waals surface area contributed by atoms with Gasteiger partial charge in [-0.25, -0.2) is 4.39 Å². The zero-order valence-corrected chi connectivity index (χ0v) is 10.6. The Kier molecular flexibility index (Phi) is 3.53. The summed E-state index contributed by atoms with van der Waals surface area (Å²) in [6.07, 6.45) is 0.668. The third-order valence-electron chi connectivity index (χ3n) is 2.75. The van der Waals surface area contributed by atoms with Crippen molar-refractivity contribution < 1.29 is 8.81 Å². The molecule has 2 aromatic rings. The highest BCUT2D eigenvalue weighted by Gasteiger charge is 2.15. The topological polar surface area (TPSA) is 13.1 Å². The molecule has 1 nitrogen and oxygen atoms in total. The van der Waals surface area contributed by atoms with Gasteiger partial charge in [-0.15, -0.1) is 11.6 Å². The molecule has 1 aromatic heterocycles. The highest BCUT2D eigenvalue weighted by atomic mass is 35.5. The van der Waals surface area contributed by atoms with Crippen LogP contribution in [0, 0.1) is 19.7 Å². The number of rotatable bonds is 3. The number of aryl methyl sites for hydroxylation is 2. The van der Waals surface area contributed by atoms with Crippen molar-refractivity contribution in [2.75, 3.05) is 0 Å². The monoisotopic (exact) mass is 252 g/mol. The van der Waals surface area contributed by atoms with E-state index in [2.05, 4.69) is 0 Å². The Bertz CT molecular complexity index is 501. The lowest BCUT2D eigenvalue weighted by atomic mass is 10.0. The van der Waals surface area contributed by atoms with Gasteiger partial charge in [0.1, 0.15) is 17.3 Å². The number of halogens is 2. The van der Waals surface area contributed by atoms with Crippen LogP contribution in [0.2, 0.25) is 0 Å². The molecule has 1 aromatic carbocycles. The first kappa shape index (κ1) is 12.2. The van der Waals surface area contributed by atoms with E-state index in [9.17, 15) is 4.39 Å². The molecular weight excluding hydrogens is 239 g/mol. The van der Waals surface area contributed by atoms with Crippen molar-refractivity contribution >= 4 is 11.6 Å². The molecule has 1 heterocycles. The van der Waals surface area contributed by atoms with E-state index in [-0.39, 0.29) is 11.2 Å². The van der Waals surface area contributed by atoms with Crippen LogP contribution in [0.15, 0.2) is 34.7 Å². The Labute approximate surface area is 105 Å². The molecule has 0 N–H and O–H groups in total. The van der Waals surface area contributed by atoms with Crippen molar-refractivity contribution in [1.29, 1.82) is 0 Å². The van der Waals surface area contributed by atoms with E-state index in [0.717, 1.165) is 22.6 Å². The fourth-order valence-electron chi connectivity index (χ4n) is 1.90. The van der Waals surface area contributed by atoms with Gasteiger partial charge in [0, 0.05) is 5.56 Å². The van der Waals surface area contributed by atoms with Crippen LogP contribution >= 0.6 is 11.6 Å². The van der Waals surface area contributed by atoms with Crippen LogP contribution in [-0.2, 0) is 6.42 Å². The zero-order chi connectivity index (χ0) is 12.4. The van der Waals surface area contributed by atoms with Gasteiger partial charge < -0.3 is 4.42 Å². The third-order valence-corrected chi connectivity index (χ3v) is 3.13. The smallest absolute Gasteiger partial charge is 0.123 e. The maximum atomic E-state index is 12.8. The van der Waals surface area contributed by atoms with Crippen LogP contribution in [0.25, 0.3) is 0 Å². The van der Waals surface area contributed by atoms with Gasteiger partial charge in [-0.1, -0.05) is 12.1 Å². The Morgan fingerprint density at radius 3 is 2.41 bits per heavy atom. The quantitative estimate of drug-likeness (QED) is 0.730. The van der Waals surface area contributed by atoms with E-state index in [1.54, 1.807) is 12.1 Å². The number of furan rings is 1. The lowest BCUT2D eigenvalue weighted by Crippen LogP contribution is -1.96. The average Bonchev–Trinajstić information content (AvgIpc) is 2.61. The third kappa shape index (κ3) is 2.89. The number of benzene rings is 1. The van der Waals surface area contributed by atoms with Crippen LogP contribution in [0.3, 0.4) is 0 Å². The first-order valence-electron chi connectivity index (χ1n) is 5.51. The number of hydrogen-bond donors (Lipinski definition) is 0. The molecule has 0 spiro atoms. The summed E-state index contributed by atoms with van der Waals surface area (Å²) in [5.74, 6) is 1.49.